The van der Waals surface area contributed by atoms with Gasteiger partial charge in [0.2, 0.25) is 0 Å². The lowest BCUT2D eigenvalue weighted by molar-refractivity contribution is -0.142. The lowest BCUT2D eigenvalue weighted by Gasteiger charge is -2.44. The van der Waals surface area contributed by atoms with Gasteiger partial charge in [0.25, 0.3) is 0 Å². The predicted octanol–water partition coefficient (Wildman–Crippen LogP) is 3.18. The lowest BCUT2D eigenvalue weighted by atomic mass is 9.58. The zero-order valence-electron chi connectivity index (χ0n) is 10.6. The molecule has 0 aromatic rings. The third kappa shape index (κ3) is 1.82. The Hall–Kier alpha value is -0.790. The molecule has 0 amide bonds. The van der Waals surface area contributed by atoms with E-state index in [1.807, 2.05) is 0 Å². The van der Waals surface area contributed by atoms with E-state index in [0.717, 1.165) is 18.3 Å². The molecule has 2 aliphatic carbocycles. The van der Waals surface area contributed by atoms with Gasteiger partial charge in [0.15, 0.2) is 0 Å². The van der Waals surface area contributed by atoms with Crippen LogP contribution in [0.15, 0.2) is 12.2 Å². The maximum atomic E-state index is 11.8. The maximum absolute atomic E-state index is 11.8. The van der Waals surface area contributed by atoms with Gasteiger partial charge in [-0.05, 0) is 37.5 Å². The van der Waals surface area contributed by atoms with E-state index < -0.39 is 0 Å². The van der Waals surface area contributed by atoms with E-state index in [2.05, 4.69) is 19.1 Å². The fraction of sp³-hybridized carbons (Fsp3) is 0.800. The SMILES string of the molecule is C/C=C/[C@H]1[C@H]2COC(=O)[C@H]2CC2CCCC[C@@H]21. The molecule has 1 unspecified atom stereocenters. The van der Waals surface area contributed by atoms with E-state index in [1.54, 1.807) is 0 Å². The minimum absolute atomic E-state index is 0.0773. The van der Waals surface area contributed by atoms with Crippen LogP contribution in [0, 0.1) is 29.6 Å². The van der Waals surface area contributed by atoms with Crippen molar-refractivity contribution < 1.29 is 9.53 Å². The normalized spacial score (nSPS) is 45.5. The van der Waals surface area contributed by atoms with Gasteiger partial charge in [-0.25, -0.2) is 0 Å². The van der Waals surface area contributed by atoms with Gasteiger partial charge in [0.1, 0.15) is 0 Å². The second-order valence-electron chi connectivity index (χ2n) is 5.95. The van der Waals surface area contributed by atoms with Gasteiger partial charge in [-0.3, -0.25) is 4.79 Å². The Morgan fingerprint density at radius 3 is 2.88 bits per heavy atom. The second kappa shape index (κ2) is 4.47. The van der Waals surface area contributed by atoms with Crippen LogP contribution in [0.25, 0.3) is 0 Å². The van der Waals surface area contributed by atoms with Crippen LogP contribution >= 0.6 is 0 Å². The zero-order valence-corrected chi connectivity index (χ0v) is 10.6. The summed E-state index contributed by atoms with van der Waals surface area (Å²) < 4.78 is 5.31. The largest absolute Gasteiger partial charge is 0.465 e. The van der Waals surface area contributed by atoms with Crippen molar-refractivity contribution in [2.24, 2.45) is 29.6 Å². The molecular weight excluding hydrogens is 212 g/mol. The van der Waals surface area contributed by atoms with Crippen molar-refractivity contribution in [3.05, 3.63) is 12.2 Å². The van der Waals surface area contributed by atoms with Crippen LogP contribution in [0.3, 0.4) is 0 Å². The highest BCUT2D eigenvalue weighted by Crippen LogP contribution is 2.51. The summed E-state index contributed by atoms with van der Waals surface area (Å²) in [6.07, 6.45) is 11.0. The smallest absolute Gasteiger partial charge is 0.309 e. The summed E-state index contributed by atoms with van der Waals surface area (Å²) in [6.45, 7) is 2.76. The minimum Gasteiger partial charge on any atom is -0.465 e. The Bertz CT molecular complexity index is 334. The van der Waals surface area contributed by atoms with Crippen LogP contribution in [-0.2, 0) is 9.53 Å². The van der Waals surface area contributed by atoms with Crippen molar-refractivity contribution in [2.45, 2.75) is 39.0 Å². The molecule has 5 atom stereocenters. The third-order valence-electron chi connectivity index (χ3n) is 5.17. The fourth-order valence-electron chi connectivity index (χ4n) is 4.41. The molecule has 94 valence electrons. The van der Waals surface area contributed by atoms with Crippen molar-refractivity contribution in [1.29, 1.82) is 0 Å². The first-order valence-electron chi connectivity index (χ1n) is 7.10. The number of allylic oxidation sites excluding steroid dienone is 2. The predicted molar refractivity (Wildman–Crippen MR) is 66.3 cm³/mol. The summed E-state index contributed by atoms with van der Waals surface area (Å²) in [5.41, 5.74) is 0. The first-order valence-corrected chi connectivity index (χ1v) is 7.10. The number of fused-ring (bicyclic) bond motifs is 2. The molecular formula is C15H22O2. The Morgan fingerprint density at radius 1 is 1.24 bits per heavy atom. The maximum Gasteiger partial charge on any atom is 0.309 e. The molecule has 1 aliphatic heterocycles. The van der Waals surface area contributed by atoms with Gasteiger partial charge in [0.05, 0.1) is 12.5 Å². The monoisotopic (exact) mass is 234 g/mol. The molecule has 17 heavy (non-hydrogen) atoms. The average molecular weight is 234 g/mol. The minimum atomic E-state index is 0.0773. The van der Waals surface area contributed by atoms with Gasteiger partial charge in [-0.1, -0.05) is 31.4 Å². The highest BCUT2D eigenvalue weighted by Gasteiger charge is 2.50. The number of carbonyl (C=O) groups excluding carboxylic acids is 1. The Labute approximate surface area is 103 Å². The lowest BCUT2D eigenvalue weighted by Crippen LogP contribution is -2.41. The van der Waals surface area contributed by atoms with E-state index in [1.165, 1.54) is 25.7 Å². The summed E-state index contributed by atoms with van der Waals surface area (Å²) in [7, 11) is 0. The molecule has 0 aromatic carbocycles. The van der Waals surface area contributed by atoms with Gasteiger partial charge in [-0.15, -0.1) is 0 Å². The van der Waals surface area contributed by atoms with Gasteiger partial charge < -0.3 is 4.74 Å². The van der Waals surface area contributed by atoms with Crippen molar-refractivity contribution >= 4 is 5.97 Å². The van der Waals surface area contributed by atoms with E-state index in [4.69, 9.17) is 4.74 Å². The first kappa shape index (κ1) is 11.3. The standard InChI is InChI=1S/C15H22O2/c1-2-5-12-11-7-4-3-6-10(11)8-13-14(12)9-17-15(13)16/h2,5,10-14H,3-4,6-9H2,1H3/b5-2+/t10?,11-,12+,13-,14+/m0/s1. The molecule has 0 bridgehead atoms. The average Bonchev–Trinajstić information content (AvgIpc) is 2.71. The van der Waals surface area contributed by atoms with Crippen LogP contribution in [0.1, 0.15) is 39.0 Å². The van der Waals surface area contributed by atoms with E-state index >= 15 is 0 Å². The van der Waals surface area contributed by atoms with Crippen molar-refractivity contribution in [1.82, 2.24) is 0 Å². The molecule has 3 rings (SSSR count). The van der Waals surface area contributed by atoms with Gasteiger partial charge in [0, 0.05) is 5.92 Å². The highest BCUT2D eigenvalue weighted by atomic mass is 16.5. The topological polar surface area (TPSA) is 26.3 Å². The second-order valence-corrected chi connectivity index (χ2v) is 5.95. The quantitative estimate of drug-likeness (QED) is 0.514. The summed E-state index contributed by atoms with van der Waals surface area (Å²) in [5, 5.41) is 0. The number of cyclic esters (lactones) is 1. The van der Waals surface area contributed by atoms with Crippen LogP contribution < -0.4 is 0 Å². The fourth-order valence-corrected chi connectivity index (χ4v) is 4.41. The molecule has 3 aliphatic rings. The summed E-state index contributed by atoms with van der Waals surface area (Å²) in [6, 6.07) is 0. The number of ether oxygens (including phenoxy) is 1. The van der Waals surface area contributed by atoms with Crippen molar-refractivity contribution in [2.75, 3.05) is 6.61 Å². The number of hydrogen-bond donors (Lipinski definition) is 0. The van der Waals surface area contributed by atoms with Crippen molar-refractivity contribution in [3.63, 3.8) is 0 Å². The number of hydrogen-bond acceptors (Lipinski definition) is 2. The molecule has 3 fully saturated rings. The van der Waals surface area contributed by atoms with Crippen LogP contribution in [0.4, 0.5) is 0 Å². The number of esters is 1. The Morgan fingerprint density at radius 2 is 2.06 bits per heavy atom. The summed E-state index contributed by atoms with van der Waals surface area (Å²) >= 11 is 0. The van der Waals surface area contributed by atoms with Crippen LogP contribution in [-0.4, -0.2) is 12.6 Å². The molecule has 0 N–H and O–H groups in total. The Balaban J connectivity index is 1.87. The Kier molecular flexibility index (Phi) is 2.97. The molecule has 0 spiro atoms. The van der Waals surface area contributed by atoms with E-state index in [0.29, 0.717) is 18.4 Å². The third-order valence-corrected chi connectivity index (χ3v) is 5.17. The summed E-state index contributed by atoms with van der Waals surface area (Å²) in [4.78, 5) is 11.8. The number of carbonyl (C=O) groups is 1. The molecule has 0 radical (unpaired) electrons. The zero-order chi connectivity index (χ0) is 11.8. The van der Waals surface area contributed by atoms with Gasteiger partial charge >= 0.3 is 5.97 Å². The van der Waals surface area contributed by atoms with E-state index in [9.17, 15) is 4.79 Å². The number of rotatable bonds is 1. The van der Waals surface area contributed by atoms with Crippen LogP contribution in [0.5, 0.6) is 0 Å². The van der Waals surface area contributed by atoms with Crippen molar-refractivity contribution in [3.8, 4) is 0 Å². The molecule has 1 heterocycles. The molecule has 0 aromatic heterocycles. The van der Waals surface area contributed by atoms with Gasteiger partial charge in [-0.2, -0.15) is 0 Å². The van der Waals surface area contributed by atoms with Crippen LogP contribution in [0.2, 0.25) is 0 Å². The summed E-state index contributed by atoms with van der Waals surface area (Å²) in [5.74, 6) is 2.94. The molecule has 2 heteroatoms. The molecule has 1 saturated heterocycles. The molecule has 2 saturated carbocycles. The van der Waals surface area contributed by atoms with E-state index in [-0.39, 0.29) is 11.9 Å². The molecule has 2 nitrogen and oxygen atoms in total. The first-order chi connectivity index (χ1) is 8.31. The highest BCUT2D eigenvalue weighted by molar-refractivity contribution is 5.75.